The summed E-state index contributed by atoms with van der Waals surface area (Å²) in [6.45, 7) is 0. The van der Waals surface area contributed by atoms with Crippen LogP contribution in [0.15, 0.2) is 41.8 Å². The van der Waals surface area contributed by atoms with Crippen molar-refractivity contribution in [3.63, 3.8) is 0 Å². The topological polar surface area (TPSA) is 22.0 Å². The summed E-state index contributed by atoms with van der Waals surface area (Å²) >= 11 is 8.17. The zero-order chi connectivity index (χ0) is 11.8. The lowest BCUT2D eigenvalue weighted by Crippen LogP contribution is -2.09. The maximum atomic E-state index is 12.3. The molecule has 0 saturated carbocycles. The Balaban J connectivity index is 2.27. The second kappa shape index (κ2) is 4.18. The highest BCUT2D eigenvalue weighted by Crippen LogP contribution is 2.24. The summed E-state index contributed by atoms with van der Waals surface area (Å²) in [7, 11) is 0. The molecule has 0 saturated heterocycles. The van der Waals surface area contributed by atoms with Gasteiger partial charge in [-0.05, 0) is 35.8 Å². The molecule has 0 amide bonds. The van der Waals surface area contributed by atoms with Crippen molar-refractivity contribution >= 4 is 51.0 Å². The number of thiazole rings is 1. The molecule has 0 spiro atoms. The number of benzene rings is 1. The van der Waals surface area contributed by atoms with E-state index in [1.165, 1.54) is 22.7 Å². The molecule has 0 fully saturated rings. The summed E-state index contributed by atoms with van der Waals surface area (Å²) in [5.74, 6) is -0.0394. The van der Waals surface area contributed by atoms with Crippen LogP contribution in [0.5, 0.6) is 0 Å². The van der Waals surface area contributed by atoms with Crippen molar-refractivity contribution in [1.29, 1.82) is 0 Å². The molecular weight excluding hydrogens is 270 g/mol. The van der Waals surface area contributed by atoms with Crippen LogP contribution in [0.25, 0.3) is 10.2 Å². The van der Waals surface area contributed by atoms with Crippen molar-refractivity contribution in [1.82, 2.24) is 4.57 Å². The molecule has 5 heteroatoms. The number of hydrogen-bond acceptors (Lipinski definition) is 4. The van der Waals surface area contributed by atoms with Gasteiger partial charge in [0, 0.05) is 0 Å². The van der Waals surface area contributed by atoms with Crippen molar-refractivity contribution in [2.24, 2.45) is 0 Å². The Hall–Kier alpha value is -1.30. The predicted molar refractivity (Wildman–Crippen MR) is 74.7 cm³/mol. The quantitative estimate of drug-likeness (QED) is 0.622. The third-order valence-electron chi connectivity index (χ3n) is 2.42. The fourth-order valence-electron chi connectivity index (χ4n) is 1.67. The Morgan fingerprint density at radius 1 is 1.18 bits per heavy atom. The van der Waals surface area contributed by atoms with Crippen molar-refractivity contribution in [3.8, 4) is 0 Å². The minimum Gasteiger partial charge on any atom is -0.267 e. The first-order valence-electron chi connectivity index (χ1n) is 4.96. The normalized spacial score (nSPS) is 10.8. The van der Waals surface area contributed by atoms with Crippen LogP contribution in [-0.4, -0.2) is 10.5 Å². The summed E-state index contributed by atoms with van der Waals surface area (Å²) in [6, 6.07) is 11.5. The van der Waals surface area contributed by atoms with E-state index in [4.69, 9.17) is 12.2 Å². The number of rotatable bonds is 1. The maximum absolute atomic E-state index is 12.3. The standard InChI is InChI=1S/C12H7NOS3/c14-11(10-6-3-7-16-10)13-8-4-1-2-5-9(8)17-12(13)15/h1-7H. The van der Waals surface area contributed by atoms with E-state index in [1.807, 2.05) is 41.8 Å². The number of thiophene rings is 1. The van der Waals surface area contributed by atoms with Gasteiger partial charge < -0.3 is 0 Å². The molecule has 0 aliphatic carbocycles. The summed E-state index contributed by atoms with van der Waals surface area (Å²) in [4.78, 5) is 13.0. The van der Waals surface area contributed by atoms with Crippen molar-refractivity contribution in [2.75, 3.05) is 0 Å². The Labute approximate surface area is 111 Å². The first-order chi connectivity index (χ1) is 8.27. The third kappa shape index (κ3) is 1.76. The van der Waals surface area contributed by atoms with Gasteiger partial charge in [0.15, 0.2) is 3.95 Å². The number of carbonyl (C=O) groups excluding carboxylic acids is 1. The van der Waals surface area contributed by atoms with E-state index in [2.05, 4.69) is 0 Å². The second-order valence-corrected chi connectivity index (χ2v) is 6.08. The monoisotopic (exact) mass is 277 g/mol. The molecule has 0 atom stereocenters. The Morgan fingerprint density at radius 2 is 2.00 bits per heavy atom. The van der Waals surface area contributed by atoms with E-state index >= 15 is 0 Å². The van der Waals surface area contributed by atoms with Crippen LogP contribution in [0.2, 0.25) is 0 Å². The molecule has 17 heavy (non-hydrogen) atoms. The van der Waals surface area contributed by atoms with E-state index in [1.54, 1.807) is 4.57 Å². The fourth-order valence-corrected chi connectivity index (χ4v) is 3.64. The number of para-hydroxylation sites is 1. The van der Waals surface area contributed by atoms with Crippen LogP contribution < -0.4 is 0 Å². The average molecular weight is 277 g/mol. The molecule has 0 aliphatic rings. The number of nitrogens with zero attached hydrogens (tertiary/aromatic N) is 1. The molecule has 2 heterocycles. The van der Waals surface area contributed by atoms with Gasteiger partial charge in [-0.3, -0.25) is 9.36 Å². The lowest BCUT2D eigenvalue weighted by molar-refractivity contribution is 0.0968. The van der Waals surface area contributed by atoms with E-state index in [-0.39, 0.29) is 5.91 Å². The fraction of sp³-hybridized carbons (Fsp3) is 0. The highest BCUT2D eigenvalue weighted by molar-refractivity contribution is 7.73. The van der Waals surface area contributed by atoms with Crippen LogP contribution in [0, 0.1) is 3.95 Å². The van der Waals surface area contributed by atoms with E-state index in [9.17, 15) is 4.79 Å². The molecule has 0 N–H and O–H groups in total. The smallest absolute Gasteiger partial charge is 0.267 e. The number of hydrogen-bond donors (Lipinski definition) is 0. The number of aromatic nitrogens is 1. The summed E-state index contributed by atoms with van der Waals surface area (Å²) in [5, 5.41) is 1.89. The van der Waals surface area contributed by atoms with Gasteiger partial charge in [-0.1, -0.05) is 18.2 Å². The lowest BCUT2D eigenvalue weighted by atomic mass is 10.3. The summed E-state index contributed by atoms with van der Waals surface area (Å²) < 4.78 is 3.26. The summed E-state index contributed by atoms with van der Waals surface area (Å²) in [5.41, 5.74) is 0.890. The van der Waals surface area contributed by atoms with E-state index in [0.717, 1.165) is 10.2 Å². The van der Waals surface area contributed by atoms with E-state index < -0.39 is 0 Å². The molecule has 0 radical (unpaired) electrons. The molecule has 1 aromatic carbocycles. The van der Waals surface area contributed by atoms with Crippen LogP contribution in [0.1, 0.15) is 9.67 Å². The largest absolute Gasteiger partial charge is 0.274 e. The van der Waals surface area contributed by atoms with Gasteiger partial charge in [0.2, 0.25) is 0 Å². The maximum Gasteiger partial charge on any atom is 0.274 e. The lowest BCUT2D eigenvalue weighted by Gasteiger charge is -2.00. The molecule has 0 unspecified atom stereocenters. The van der Waals surface area contributed by atoms with Gasteiger partial charge in [-0.25, -0.2) is 0 Å². The highest BCUT2D eigenvalue weighted by Gasteiger charge is 2.14. The van der Waals surface area contributed by atoms with Crippen LogP contribution >= 0.6 is 34.9 Å². The molecule has 0 bridgehead atoms. The third-order valence-corrected chi connectivity index (χ3v) is 4.63. The van der Waals surface area contributed by atoms with Crippen LogP contribution in [0.3, 0.4) is 0 Å². The average Bonchev–Trinajstić information content (AvgIpc) is 2.94. The zero-order valence-electron chi connectivity index (χ0n) is 8.62. The Morgan fingerprint density at radius 3 is 2.76 bits per heavy atom. The van der Waals surface area contributed by atoms with Gasteiger partial charge in [0.25, 0.3) is 5.91 Å². The predicted octanol–water partition coefficient (Wildman–Crippen LogP) is 4.18. The molecule has 2 nitrogen and oxygen atoms in total. The highest BCUT2D eigenvalue weighted by atomic mass is 32.1. The Bertz CT molecular complexity index is 737. The van der Waals surface area contributed by atoms with Crippen molar-refractivity contribution in [2.45, 2.75) is 0 Å². The van der Waals surface area contributed by atoms with Crippen molar-refractivity contribution < 1.29 is 4.79 Å². The van der Waals surface area contributed by atoms with Gasteiger partial charge in [-0.15, -0.1) is 22.7 Å². The number of fused-ring (bicyclic) bond motifs is 1. The van der Waals surface area contributed by atoms with Gasteiger partial charge in [0.05, 0.1) is 15.1 Å². The van der Waals surface area contributed by atoms with Gasteiger partial charge >= 0.3 is 0 Å². The Kier molecular flexibility index (Phi) is 2.66. The minimum atomic E-state index is -0.0394. The molecule has 0 aliphatic heterocycles. The minimum absolute atomic E-state index is 0.0394. The zero-order valence-corrected chi connectivity index (χ0v) is 11.1. The first-order valence-corrected chi connectivity index (χ1v) is 7.06. The molecular formula is C12H7NOS3. The summed E-state index contributed by atoms with van der Waals surface area (Å²) in [6.07, 6.45) is 0. The SMILES string of the molecule is O=C(c1cccs1)n1c(=S)sc2ccccc21. The second-order valence-electron chi connectivity index (χ2n) is 3.45. The van der Waals surface area contributed by atoms with Gasteiger partial charge in [-0.2, -0.15) is 0 Å². The molecule has 3 aromatic rings. The van der Waals surface area contributed by atoms with Crippen LogP contribution in [-0.2, 0) is 0 Å². The van der Waals surface area contributed by atoms with Gasteiger partial charge in [0.1, 0.15) is 0 Å². The molecule has 2 aromatic heterocycles. The van der Waals surface area contributed by atoms with Crippen LogP contribution in [0.4, 0.5) is 0 Å². The van der Waals surface area contributed by atoms with Crippen molar-refractivity contribution in [3.05, 3.63) is 50.6 Å². The molecule has 3 rings (SSSR count). The molecule has 84 valence electrons. The number of carbonyl (C=O) groups is 1. The van der Waals surface area contributed by atoms with E-state index in [0.29, 0.717) is 8.83 Å². The first kappa shape index (κ1) is 10.8.